The monoisotopic (exact) mass is 285 g/mol. The molecule has 0 radical (unpaired) electrons. The van der Waals surface area contributed by atoms with Gasteiger partial charge in [0.15, 0.2) is 0 Å². The second kappa shape index (κ2) is 5.83. The molecule has 2 heterocycles. The predicted molar refractivity (Wildman–Crippen MR) is 72.7 cm³/mol. The highest BCUT2D eigenvalue weighted by Gasteiger charge is 2.31. The van der Waals surface area contributed by atoms with Crippen molar-refractivity contribution in [2.45, 2.75) is 13.1 Å². The van der Waals surface area contributed by atoms with E-state index in [4.69, 9.17) is 0 Å². The molecule has 0 bridgehead atoms. The first kappa shape index (κ1) is 14.8. The number of piperazine rings is 1. The van der Waals surface area contributed by atoms with E-state index in [9.17, 15) is 13.2 Å². The number of hydrogen-bond acceptors (Lipinski definition) is 3. The van der Waals surface area contributed by atoms with Gasteiger partial charge in [-0.15, -0.1) is 0 Å². The molecular formula is C14H18F3N3. The van der Waals surface area contributed by atoms with Crippen molar-refractivity contribution in [1.82, 2.24) is 9.88 Å². The van der Waals surface area contributed by atoms with Gasteiger partial charge in [0.25, 0.3) is 0 Å². The molecule has 0 N–H and O–H groups in total. The van der Waals surface area contributed by atoms with Crippen LogP contribution in [-0.4, -0.2) is 42.6 Å². The zero-order valence-corrected chi connectivity index (χ0v) is 11.5. The maximum absolute atomic E-state index is 12.5. The van der Waals surface area contributed by atoms with E-state index in [0.717, 1.165) is 50.6 Å². The highest BCUT2D eigenvalue weighted by atomic mass is 19.4. The van der Waals surface area contributed by atoms with Crippen LogP contribution < -0.4 is 4.90 Å². The lowest BCUT2D eigenvalue weighted by Gasteiger charge is -2.35. The van der Waals surface area contributed by atoms with Gasteiger partial charge in [-0.1, -0.05) is 12.2 Å². The van der Waals surface area contributed by atoms with Crippen LogP contribution in [0, 0.1) is 0 Å². The number of pyridine rings is 1. The highest BCUT2D eigenvalue weighted by molar-refractivity contribution is 5.40. The summed E-state index contributed by atoms with van der Waals surface area (Å²) < 4.78 is 37.4. The lowest BCUT2D eigenvalue weighted by Crippen LogP contribution is -2.47. The first-order chi connectivity index (χ1) is 9.36. The average Bonchev–Trinajstić information content (AvgIpc) is 2.38. The van der Waals surface area contributed by atoms with E-state index >= 15 is 0 Å². The van der Waals surface area contributed by atoms with E-state index in [1.165, 1.54) is 6.07 Å². The van der Waals surface area contributed by atoms with Crippen LogP contribution in [0.15, 0.2) is 30.5 Å². The topological polar surface area (TPSA) is 19.4 Å². The van der Waals surface area contributed by atoms with Crippen molar-refractivity contribution in [2.75, 3.05) is 37.6 Å². The minimum atomic E-state index is -4.33. The van der Waals surface area contributed by atoms with Gasteiger partial charge in [0.2, 0.25) is 0 Å². The van der Waals surface area contributed by atoms with E-state index in [0.29, 0.717) is 5.82 Å². The zero-order valence-electron chi connectivity index (χ0n) is 11.5. The molecule has 20 heavy (non-hydrogen) atoms. The molecule has 1 fully saturated rings. The summed E-state index contributed by atoms with van der Waals surface area (Å²) in [5.74, 6) is 0.605. The second-order valence-electron chi connectivity index (χ2n) is 5.12. The van der Waals surface area contributed by atoms with Gasteiger partial charge in [-0.3, -0.25) is 4.90 Å². The third kappa shape index (κ3) is 3.72. The molecule has 110 valence electrons. The van der Waals surface area contributed by atoms with Gasteiger partial charge in [0.05, 0.1) is 5.56 Å². The van der Waals surface area contributed by atoms with Crippen molar-refractivity contribution in [3.63, 3.8) is 0 Å². The van der Waals surface area contributed by atoms with Gasteiger partial charge >= 0.3 is 6.18 Å². The van der Waals surface area contributed by atoms with Crippen molar-refractivity contribution in [1.29, 1.82) is 0 Å². The first-order valence-corrected chi connectivity index (χ1v) is 6.51. The molecule has 1 aliphatic rings. The molecule has 0 spiro atoms. The molecule has 0 unspecified atom stereocenters. The third-order valence-electron chi connectivity index (χ3n) is 3.27. The molecule has 1 aromatic rings. The Labute approximate surface area is 116 Å². The zero-order chi connectivity index (χ0) is 14.8. The fourth-order valence-corrected chi connectivity index (χ4v) is 2.26. The molecular weight excluding hydrogens is 267 g/mol. The number of nitrogens with zero attached hydrogens (tertiary/aromatic N) is 3. The fourth-order valence-electron chi connectivity index (χ4n) is 2.26. The molecule has 0 saturated carbocycles. The van der Waals surface area contributed by atoms with Gasteiger partial charge in [0, 0.05) is 38.9 Å². The van der Waals surface area contributed by atoms with Gasteiger partial charge in [-0.2, -0.15) is 13.2 Å². The summed E-state index contributed by atoms with van der Waals surface area (Å²) in [6.07, 6.45) is -3.43. The van der Waals surface area contributed by atoms with Crippen molar-refractivity contribution >= 4 is 5.82 Å². The van der Waals surface area contributed by atoms with Gasteiger partial charge in [0.1, 0.15) is 5.82 Å². The van der Waals surface area contributed by atoms with Crippen molar-refractivity contribution in [3.8, 4) is 0 Å². The quantitative estimate of drug-likeness (QED) is 0.796. The number of hydrogen-bond donors (Lipinski definition) is 0. The Kier molecular flexibility index (Phi) is 4.32. The Hall–Kier alpha value is -1.56. The number of anilines is 1. The highest BCUT2D eigenvalue weighted by Crippen LogP contribution is 2.29. The smallest absolute Gasteiger partial charge is 0.354 e. The van der Waals surface area contributed by atoms with E-state index in [1.54, 1.807) is 0 Å². The van der Waals surface area contributed by atoms with E-state index in [1.807, 2.05) is 11.8 Å². The largest absolute Gasteiger partial charge is 0.417 e. The molecule has 2 rings (SSSR count). The average molecular weight is 285 g/mol. The van der Waals surface area contributed by atoms with Crippen molar-refractivity contribution < 1.29 is 13.2 Å². The minimum Gasteiger partial charge on any atom is -0.354 e. The summed E-state index contributed by atoms with van der Waals surface area (Å²) in [5.41, 5.74) is 0.410. The molecule has 1 saturated heterocycles. The molecule has 1 aliphatic heterocycles. The summed E-state index contributed by atoms with van der Waals surface area (Å²) in [6.45, 7) is 10.0. The maximum atomic E-state index is 12.5. The van der Waals surface area contributed by atoms with Gasteiger partial charge in [-0.25, -0.2) is 4.98 Å². The summed E-state index contributed by atoms with van der Waals surface area (Å²) in [7, 11) is 0. The Bertz CT molecular complexity index is 460. The van der Waals surface area contributed by atoms with Gasteiger partial charge in [-0.05, 0) is 19.1 Å². The Morgan fingerprint density at radius 2 is 1.90 bits per heavy atom. The first-order valence-electron chi connectivity index (χ1n) is 6.51. The SMILES string of the molecule is C=C(C)CN1CCN(c2ccc(C(F)(F)F)cn2)CC1. The van der Waals surface area contributed by atoms with E-state index < -0.39 is 11.7 Å². The molecule has 0 aliphatic carbocycles. The number of halogens is 3. The molecule has 0 atom stereocenters. The van der Waals surface area contributed by atoms with E-state index in [2.05, 4.69) is 16.5 Å². The van der Waals surface area contributed by atoms with Crippen LogP contribution in [0.25, 0.3) is 0 Å². The lowest BCUT2D eigenvalue weighted by molar-refractivity contribution is -0.137. The molecule has 6 heteroatoms. The maximum Gasteiger partial charge on any atom is 0.417 e. The Morgan fingerprint density at radius 1 is 1.25 bits per heavy atom. The molecule has 0 aromatic carbocycles. The van der Waals surface area contributed by atoms with E-state index in [-0.39, 0.29) is 0 Å². The van der Waals surface area contributed by atoms with Crippen LogP contribution in [0.2, 0.25) is 0 Å². The number of rotatable bonds is 3. The third-order valence-corrected chi connectivity index (χ3v) is 3.27. The number of aromatic nitrogens is 1. The second-order valence-corrected chi connectivity index (χ2v) is 5.12. The molecule has 1 aromatic heterocycles. The van der Waals surface area contributed by atoms with Crippen LogP contribution in [0.1, 0.15) is 12.5 Å². The predicted octanol–water partition coefficient (Wildman–Crippen LogP) is 2.80. The van der Waals surface area contributed by atoms with Crippen LogP contribution in [0.4, 0.5) is 19.0 Å². The number of alkyl halides is 3. The standard InChI is InChI=1S/C14H18F3N3/c1-11(2)10-19-5-7-20(8-6-19)13-4-3-12(9-18-13)14(15,16)17/h3-4,9H,1,5-8,10H2,2H3. The molecule has 3 nitrogen and oxygen atoms in total. The Balaban J connectivity index is 1.95. The molecule has 0 amide bonds. The lowest BCUT2D eigenvalue weighted by atomic mass is 10.2. The van der Waals surface area contributed by atoms with Crippen molar-refractivity contribution in [2.24, 2.45) is 0 Å². The fraction of sp³-hybridized carbons (Fsp3) is 0.500. The Morgan fingerprint density at radius 3 is 2.35 bits per heavy atom. The normalized spacial score (nSPS) is 17.3. The van der Waals surface area contributed by atoms with Gasteiger partial charge < -0.3 is 4.90 Å². The summed E-state index contributed by atoms with van der Waals surface area (Å²) in [4.78, 5) is 8.21. The van der Waals surface area contributed by atoms with Crippen LogP contribution in [0.5, 0.6) is 0 Å². The van der Waals surface area contributed by atoms with Crippen LogP contribution >= 0.6 is 0 Å². The summed E-state index contributed by atoms with van der Waals surface area (Å²) in [6, 6.07) is 2.53. The minimum absolute atomic E-state index is 0.605. The van der Waals surface area contributed by atoms with Crippen LogP contribution in [-0.2, 0) is 6.18 Å². The summed E-state index contributed by atoms with van der Waals surface area (Å²) >= 11 is 0. The summed E-state index contributed by atoms with van der Waals surface area (Å²) in [5, 5.41) is 0. The van der Waals surface area contributed by atoms with Crippen LogP contribution in [0.3, 0.4) is 0 Å². The van der Waals surface area contributed by atoms with Crippen molar-refractivity contribution in [3.05, 3.63) is 36.0 Å².